The van der Waals surface area contributed by atoms with Crippen LogP contribution in [0.1, 0.15) is 5.56 Å². The van der Waals surface area contributed by atoms with Gasteiger partial charge in [0.15, 0.2) is 20.6 Å². The lowest BCUT2D eigenvalue weighted by Crippen LogP contribution is -2.01. The second-order valence-electron chi connectivity index (χ2n) is 4.63. The van der Waals surface area contributed by atoms with E-state index in [2.05, 4.69) is 15.0 Å². The molecule has 3 rings (SSSR count). The molecule has 0 aliphatic carbocycles. The van der Waals surface area contributed by atoms with E-state index in [4.69, 9.17) is 11.6 Å². The summed E-state index contributed by atoms with van der Waals surface area (Å²) in [5.41, 5.74) is 2.12. The summed E-state index contributed by atoms with van der Waals surface area (Å²) < 4.78 is 24.7. The van der Waals surface area contributed by atoms with Gasteiger partial charge >= 0.3 is 0 Å². The maximum atomic E-state index is 11.4. The third-order valence-electron chi connectivity index (χ3n) is 3.07. The molecule has 1 aromatic carbocycles. The number of sulfone groups is 1. The number of halogens is 1. The Morgan fingerprint density at radius 3 is 2.52 bits per heavy atom. The molecule has 8 heteroatoms. The lowest BCUT2D eigenvalue weighted by Gasteiger charge is -2.06. The van der Waals surface area contributed by atoms with Crippen molar-refractivity contribution in [2.45, 2.75) is 11.4 Å². The first-order chi connectivity index (χ1) is 9.95. The molecule has 2 aromatic heterocycles. The van der Waals surface area contributed by atoms with Crippen molar-refractivity contribution in [3.63, 3.8) is 0 Å². The molecule has 3 aromatic rings. The van der Waals surface area contributed by atoms with Gasteiger partial charge in [0, 0.05) is 12.8 Å². The highest BCUT2D eigenvalue weighted by molar-refractivity contribution is 7.90. The fraction of sp³-hybridized carbons (Fsp3) is 0.154. The van der Waals surface area contributed by atoms with Crippen molar-refractivity contribution in [1.82, 2.24) is 19.5 Å². The summed E-state index contributed by atoms with van der Waals surface area (Å²) in [4.78, 5) is 12.4. The van der Waals surface area contributed by atoms with E-state index >= 15 is 0 Å². The summed E-state index contributed by atoms with van der Waals surface area (Å²) >= 11 is 6.06. The summed E-state index contributed by atoms with van der Waals surface area (Å²) in [7, 11) is -3.18. The molecular formula is C13H11ClN4O2S. The molecule has 6 nitrogen and oxygen atoms in total. The summed E-state index contributed by atoms with van der Waals surface area (Å²) in [6.45, 7) is 0.508. The van der Waals surface area contributed by atoms with Gasteiger partial charge in [0.2, 0.25) is 0 Å². The van der Waals surface area contributed by atoms with Crippen LogP contribution >= 0.6 is 11.6 Å². The first kappa shape index (κ1) is 14.0. The number of fused-ring (bicyclic) bond motifs is 1. The van der Waals surface area contributed by atoms with Gasteiger partial charge in [0.1, 0.15) is 11.8 Å². The standard InChI is InChI=1S/C13H11ClN4O2S/c1-21(19,20)10-4-2-9(3-5-10)6-18-8-17-13-11(18)12(14)15-7-16-13/h2-5,7-8H,6H2,1H3. The van der Waals surface area contributed by atoms with Gasteiger partial charge in [-0.15, -0.1) is 0 Å². The topological polar surface area (TPSA) is 77.7 Å². The highest BCUT2D eigenvalue weighted by atomic mass is 35.5. The van der Waals surface area contributed by atoms with E-state index in [0.717, 1.165) is 5.56 Å². The van der Waals surface area contributed by atoms with E-state index in [-0.39, 0.29) is 0 Å². The van der Waals surface area contributed by atoms with Crippen molar-refractivity contribution in [3.8, 4) is 0 Å². The van der Waals surface area contributed by atoms with Crippen molar-refractivity contribution in [1.29, 1.82) is 0 Å². The van der Waals surface area contributed by atoms with E-state index in [0.29, 0.717) is 27.8 Å². The number of aromatic nitrogens is 4. The maximum absolute atomic E-state index is 11.4. The molecular weight excluding hydrogens is 312 g/mol. The zero-order valence-electron chi connectivity index (χ0n) is 11.1. The van der Waals surface area contributed by atoms with Crippen LogP contribution in [-0.4, -0.2) is 34.2 Å². The molecule has 0 spiro atoms. The van der Waals surface area contributed by atoms with E-state index in [1.807, 2.05) is 4.57 Å². The third kappa shape index (κ3) is 2.74. The van der Waals surface area contributed by atoms with Crippen LogP contribution in [0.3, 0.4) is 0 Å². The number of rotatable bonds is 3. The predicted octanol–water partition coefficient (Wildman–Crippen LogP) is 1.93. The molecule has 0 saturated heterocycles. The monoisotopic (exact) mass is 322 g/mol. The molecule has 0 aliphatic heterocycles. The molecule has 0 radical (unpaired) electrons. The average Bonchev–Trinajstić information content (AvgIpc) is 2.83. The van der Waals surface area contributed by atoms with Crippen molar-refractivity contribution in [3.05, 3.63) is 47.6 Å². The van der Waals surface area contributed by atoms with E-state index in [1.165, 1.54) is 12.6 Å². The zero-order valence-corrected chi connectivity index (χ0v) is 12.6. The molecule has 0 fully saturated rings. The number of imidazole rings is 1. The van der Waals surface area contributed by atoms with Crippen LogP contribution in [0.15, 0.2) is 41.8 Å². The Morgan fingerprint density at radius 1 is 1.14 bits per heavy atom. The van der Waals surface area contributed by atoms with Crippen LogP contribution in [0.5, 0.6) is 0 Å². The van der Waals surface area contributed by atoms with Gasteiger partial charge < -0.3 is 4.57 Å². The molecule has 0 amide bonds. The van der Waals surface area contributed by atoms with Crippen molar-refractivity contribution in [2.75, 3.05) is 6.26 Å². The molecule has 0 N–H and O–H groups in total. The van der Waals surface area contributed by atoms with E-state index in [1.54, 1.807) is 30.6 Å². The molecule has 2 heterocycles. The number of nitrogens with zero attached hydrogens (tertiary/aromatic N) is 4. The number of hydrogen-bond donors (Lipinski definition) is 0. The fourth-order valence-corrected chi connectivity index (χ4v) is 2.90. The molecule has 21 heavy (non-hydrogen) atoms. The molecule has 0 bridgehead atoms. The molecule has 0 atom stereocenters. The van der Waals surface area contributed by atoms with Crippen LogP contribution in [0.4, 0.5) is 0 Å². The fourth-order valence-electron chi connectivity index (χ4n) is 2.03. The molecule has 0 unspecified atom stereocenters. The predicted molar refractivity (Wildman–Crippen MR) is 79.0 cm³/mol. The Labute approximate surface area is 126 Å². The first-order valence-corrected chi connectivity index (χ1v) is 8.32. The van der Waals surface area contributed by atoms with Crippen LogP contribution in [0.2, 0.25) is 5.15 Å². The van der Waals surface area contributed by atoms with Crippen molar-refractivity contribution < 1.29 is 8.42 Å². The second kappa shape index (κ2) is 5.09. The minimum atomic E-state index is -3.18. The van der Waals surface area contributed by atoms with Gasteiger partial charge in [-0.1, -0.05) is 23.7 Å². The quantitative estimate of drug-likeness (QED) is 0.688. The second-order valence-corrected chi connectivity index (χ2v) is 7.00. The summed E-state index contributed by atoms with van der Waals surface area (Å²) in [6.07, 6.45) is 4.18. The van der Waals surface area contributed by atoms with E-state index < -0.39 is 9.84 Å². The van der Waals surface area contributed by atoms with Crippen LogP contribution in [0.25, 0.3) is 11.2 Å². The lowest BCUT2D eigenvalue weighted by molar-refractivity contribution is 0.602. The highest BCUT2D eigenvalue weighted by Gasteiger charge is 2.10. The number of hydrogen-bond acceptors (Lipinski definition) is 5. The Kier molecular flexibility index (Phi) is 3.38. The average molecular weight is 323 g/mol. The van der Waals surface area contributed by atoms with Crippen LogP contribution in [0, 0.1) is 0 Å². The van der Waals surface area contributed by atoms with Gasteiger partial charge in [0.05, 0.1) is 11.2 Å². The minimum Gasteiger partial charge on any atom is -0.322 e. The Hall–Kier alpha value is -1.99. The third-order valence-corrected chi connectivity index (χ3v) is 4.47. The largest absolute Gasteiger partial charge is 0.322 e. The van der Waals surface area contributed by atoms with Gasteiger partial charge in [-0.25, -0.2) is 23.4 Å². The van der Waals surface area contributed by atoms with Gasteiger partial charge in [-0.3, -0.25) is 0 Å². The molecule has 0 saturated carbocycles. The lowest BCUT2D eigenvalue weighted by atomic mass is 10.2. The van der Waals surface area contributed by atoms with E-state index in [9.17, 15) is 8.42 Å². The van der Waals surface area contributed by atoms with Gasteiger partial charge in [0.25, 0.3) is 0 Å². The number of benzene rings is 1. The van der Waals surface area contributed by atoms with Crippen molar-refractivity contribution in [2.24, 2.45) is 0 Å². The Morgan fingerprint density at radius 2 is 1.86 bits per heavy atom. The normalized spacial score (nSPS) is 11.9. The smallest absolute Gasteiger partial charge is 0.182 e. The highest BCUT2D eigenvalue weighted by Crippen LogP contribution is 2.19. The molecule has 108 valence electrons. The van der Waals surface area contributed by atoms with Crippen molar-refractivity contribution >= 4 is 32.6 Å². The van der Waals surface area contributed by atoms with Gasteiger partial charge in [-0.05, 0) is 17.7 Å². The zero-order chi connectivity index (χ0) is 15.0. The van der Waals surface area contributed by atoms with Gasteiger partial charge in [-0.2, -0.15) is 0 Å². The Bertz CT molecular complexity index is 904. The SMILES string of the molecule is CS(=O)(=O)c1ccc(Cn2cnc3ncnc(Cl)c32)cc1. The Balaban J connectivity index is 1.96. The summed E-state index contributed by atoms with van der Waals surface area (Å²) in [6, 6.07) is 6.70. The maximum Gasteiger partial charge on any atom is 0.182 e. The summed E-state index contributed by atoms with van der Waals surface area (Å²) in [5, 5.41) is 0.338. The first-order valence-electron chi connectivity index (χ1n) is 6.05. The van der Waals surface area contributed by atoms with Crippen LogP contribution in [-0.2, 0) is 16.4 Å². The molecule has 0 aliphatic rings. The minimum absolute atomic E-state index is 0.295. The summed E-state index contributed by atoms with van der Waals surface area (Å²) in [5.74, 6) is 0. The van der Waals surface area contributed by atoms with Crippen LogP contribution < -0.4 is 0 Å².